The Bertz CT molecular complexity index is 441. The Morgan fingerprint density at radius 2 is 2.14 bits per heavy atom. The van der Waals surface area contributed by atoms with Gasteiger partial charge in [0.25, 0.3) is 0 Å². The number of rotatable bonds is 2. The largest absolute Gasteiger partial charge is 0.464 e. The van der Waals surface area contributed by atoms with E-state index in [1.165, 1.54) is 5.56 Å². The lowest BCUT2D eigenvalue weighted by Gasteiger charge is -2.01. The molecule has 0 spiro atoms. The zero-order valence-electron chi connectivity index (χ0n) is 8.45. The van der Waals surface area contributed by atoms with Crippen LogP contribution in [0.3, 0.4) is 0 Å². The highest BCUT2D eigenvalue weighted by atomic mass is 16.3. The monoisotopic (exact) mass is 190 g/mol. The maximum absolute atomic E-state index is 8.97. The van der Waals surface area contributed by atoms with Crippen molar-refractivity contribution >= 4 is 11.0 Å². The van der Waals surface area contributed by atoms with Gasteiger partial charge in [-0.05, 0) is 17.5 Å². The van der Waals surface area contributed by atoms with Crippen molar-refractivity contribution in [2.24, 2.45) is 0 Å². The summed E-state index contributed by atoms with van der Waals surface area (Å²) in [4.78, 5) is 0. The van der Waals surface area contributed by atoms with Crippen LogP contribution in [0.4, 0.5) is 0 Å². The van der Waals surface area contributed by atoms with Crippen LogP contribution in [-0.2, 0) is 6.61 Å². The van der Waals surface area contributed by atoms with Gasteiger partial charge in [0, 0.05) is 10.9 Å². The zero-order chi connectivity index (χ0) is 10.1. The van der Waals surface area contributed by atoms with Crippen LogP contribution in [-0.4, -0.2) is 5.11 Å². The van der Waals surface area contributed by atoms with Crippen molar-refractivity contribution in [1.29, 1.82) is 0 Å². The van der Waals surface area contributed by atoms with E-state index in [4.69, 9.17) is 9.52 Å². The minimum atomic E-state index is 0.0631. The molecule has 0 saturated heterocycles. The fourth-order valence-electron chi connectivity index (χ4n) is 1.64. The summed E-state index contributed by atoms with van der Waals surface area (Å²) in [5, 5.41) is 10.1. The lowest BCUT2D eigenvalue weighted by atomic mass is 10.0. The Hall–Kier alpha value is -1.28. The molecular weight excluding hydrogens is 176 g/mol. The second-order valence-corrected chi connectivity index (χ2v) is 3.83. The van der Waals surface area contributed by atoms with Crippen LogP contribution < -0.4 is 0 Å². The smallest absolute Gasteiger partial charge is 0.134 e. The number of aliphatic hydroxyl groups excluding tert-OH is 1. The molecule has 74 valence electrons. The van der Waals surface area contributed by atoms with Crippen molar-refractivity contribution in [3.05, 3.63) is 35.6 Å². The number of benzene rings is 1. The number of furan rings is 1. The van der Waals surface area contributed by atoms with E-state index in [2.05, 4.69) is 13.8 Å². The lowest BCUT2D eigenvalue weighted by molar-refractivity contribution is 0.282. The first-order chi connectivity index (χ1) is 6.72. The summed E-state index contributed by atoms with van der Waals surface area (Å²) in [7, 11) is 0. The number of hydrogen-bond acceptors (Lipinski definition) is 2. The van der Waals surface area contributed by atoms with Gasteiger partial charge in [0.15, 0.2) is 0 Å². The minimum Gasteiger partial charge on any atom is -0.464 e. The molecule has 0 radical (unpaired) electrons. The Morgan fingerprint density at radius 3 is 2.79 bits per heavy atom. The van der Waals surface area contributed by atoms with Crippen LogP contribution >= 0.6 is 0 Å². The van der Waals surface area contributed by atoms with E-state index in [9.17, 15) is 0 Å². The van der Waals surface area contributed by atoms with Gasteiger partial charge in [-0.1, -0.05) is 26.0 Å². The summed E-state index contributed by atoms with van der Waals surface area (Å²) < 4.78 is 5.44. The van der Waals surface area contributed by atoms with Gasteiger partial charge in [0.2, 0.25) is 0 Å². The molecular formula is C12H14O2. The third-order valence-corrected chi connectivity index (χ3v) is 2.47. The van der Waals surface area contributed by atoms with Gasteiger partial charge in [-0.25, -0.2) is 0 Å². The standard InChI is InChI=1S/C12H14O2/c1-8(2)11-7-14-12-5-9(6-13)3-4-10(11)12/h3-5,7-8,13H,6H2,1-2H3. The van der Waals surface area contributed by atoms with Gasteiger partial charge in [-0.3, -0.25) is 0 Å². The third-order valence-electron chi connectivity index (χ3n) is 2.47. The van der Waals surface area contributed by atoms with Gasteiger partial charge in [-0.15, -0.1) is 0 Å². The lowest BCUT2D eigenvalue weighted by Crippen LogP contribution is -1.85. The Kier molecular flexibility index (Phi) is 2.30. The van der Waals surface area contributed by atoms with Crippen molar-refractivity contribution < 1.29 is 9.52 Å². The molecule has 1 N–H and O–H groups in total. The molecule has 2 rings (SSSR count). The maximum Gasteiger partial charge on any atom is 0.134 e. The van der Waals surface area contributed by atoms with E-state index in [0.717, 1.165) is 16.5 Å². The maximum atomic E-state index is 8.97. The highest BCUT2D eigenvalue weighted by Crippen LogP contribution is 2.27. The van der Waals surface area contributed by atoms with Crippen LogP contribution in [0.1, 0.15) is 30.9 Å². The van der Waals surface area contributed by atoms with E-state index >= 15 is 0 Å². The van der Waals surface area contributed by atoms with E-state index in [-0.39, 0.29) is 6.61 Å². The van der Waals surface area contributed by atoms with E-state index in [0.29, 0.717) is 5.92 Å². The van der Waals surface area contributed by atoms with Crippen molar-refractivity contribution in [2.45, 2.75) is 26.4 Å². The molecule has 0 amide bonds. The first kappa shape index (κ1) is 9.28. The fraction of sp³-hybridized carbons (Fsp3) is 0.333. The molecule has 1 aromatic heterocycles. The summed E-state index contributed by atoms with van der Waals surface area (Å²) >= 11 is 0. The highest BCUT2D eigenvalue weighted by molar-refractivity contribution is 5.82. The van der Waals surface area contributed by atoms with Crippen molar-refractivity contribution in [3.63, 3.8) is 0 Å². The molecule has 1 heterocycles. The van der Waals surface area contributed by atoms with Gasteiger partial charge < -0.3 is 9.52 Å². The summed E-state index contributed by atoms with van der Waals surface area (Å²) in [6.07, 6.45) is 1.80. The molecule has 0 aliphatic rings. The molecule has 0 aliphatic heterocycles. The highest BCUT2D eigenvalue weighted by Gasteiger charge is 2.08. The molecule has 0 unspecified atom stereocenters. The third kappa shape index (κ3) is 1.42. The summed E-state index contributed by atoms with van der Waals surface area (Å²) in [6, 6.07) is 5.84. The van der Waals surface area contributed by atoms with E-state index < -0.39 is 0 Å². The van der Waals surface area contributed by atoms with Gasteiger partial charge in [0.05, 0.1) is 12.9 Å². The van der Waals surface area contributed by atoms with Gasteiger partial charge in [-0.2, -0.15) is 0 Å². The van der Waals surface area contributed by atoms with Crippen LogP contribution in [0, 0.1) is 0 Å². The Balaban J connectivity index is 2.59. The molecule has 0 atom stereocenters. The second kappa shape index (κ2) is 3.46. The number of hydrogen-bond donors (Lipinski definition) is 1. The zero-order valence-corrected chi connectivity index (χ0v) is 8.45. The van der Waals surface area contributed by atoms with Crippen LogP contribution in [0.15, 0.2) is 28.9 Å². The van der Waals surface area contributed by atoms with Crippen LogP contribution in [0.5, 0.6) is 0 Å². The SMILES string of the molecule is CC(C)c1coc2cc(CO)ccc12. The van der Waals surface area contributed by atoms with Gasteiger partial charge >= 0.3 is 0 Å². The number of fused-ring (bicyclic) bond motifs is 1. The Labute approximate surface area is 83.2 Å². The summed E-state index contributed by atoms with van der Waals surface area (Å²) in [6.45, 7) is 4.35. The quantitative estimate of drug-likeness (QED) is 0.789. The first-order valence-corrected chi connectivity index (χ1v) is 4.83. The number of aliphatic hydroxyl groups is 1. The predicted octanol–water partition coefficient (Wildman–Crippen LogP) is 3.05. The topological polar surface area (TPSA) is 33.4 Å². The first-order valence-electron chi connectivity index (χ1n) is 4.83. The fourth-order valence-corrected chi connectivity index (χ4v) is 1.64. The van der Waals surface area contributed by atoms with Crippen molar-refractivity contribution in [3.8, 4) is 0 Å². The average Bonchev–Trinajstić information content (AvgIpc) is 2.59. The summed E-state index contributed by atoms with van der Waals surface area (Å²) in [5.41, 5.74) is 2.98. The van der Waals surface area contributed by atoms with Gasteiger partial charge in [0.1, 0.15) is 5.58 Å². The summed E-state index contributed by atoms with van der Waals surface area (Å²) in [5.74, 6) is 0.469. The molecule has 0 bridgehead atoms. The van der Waals surface area contributed by atoms with Crippen molar-refractivity contribution in [1.82, 2.24) is 0 Å². The van der Waals surface area contributed by atoms with Crippen LogP contribution in [0.2, 0.25) is 0 Å². The van der Waals surface area contributed by atoms with E-state index in [1.54, 1.807) is 6.26 Å². The molecule has 14 heavy (non-hydrogen) atoms. The second-order valence-electron chi connectivity index (χ2n) is 3.83. The molecule has 2 nitrogen and oxygen atoms in total. The molecule has 2 aromatic rings. The molecule has 1 aromatic carbocycles. The average molecular weight is 190 g/mol. The predicted molar refractivity (Wildman–Crippen MR) is 56.2 cm³/mol. The van der Waals surface area contributed by atoms with Crippen LogP contribution in [0.25, 0.3) is 11.0 Å². The molecule has 0 aliphatic carbocycles. The Morgan fingerprint density at radius 1 is 1.36 bits per heavy atom. The van der Waals surface area contributed by atoms with E-state index in [1.807, 2.05) is 18.2 Å². The van der Waals surface area contributed by atoms with Crippen molar-refractivity contribution in [2.75, 3.05) is 0 Å². The molecule has 0 fully saturated rings. The molecule has 0 saturated carbocycles. The minimum absolute atomic E-state index is 0.0631. The normalized spacial score (nSPS) is 11.4. The molecule has 2 heteroatoms.